The Balaban J connectivity index is 1.93. The second-order valence-electron chi connectivity index (χ2n) is 5.89. The number of ether oxygens (including phenoxy) is 3. The summed E-state index contributed by atoms with van der Waals surface area (Å²) >= 11 is 4.72. The van der Waals surface area contributed by atoms with Gasteiger partial charge in [0.05, 0.1) is 30.7 Å². The molecule has 1 N–H and O–H groups in total. The smallest absolute Gasteiger partial charge is 0.264 e. The number of carbonyl (C=O) groups is 1. The summed E-state index contributed by atoms with van der Waals surface area (Å²) in [5.41, 5.74) is 2.47. The molecule has 1 saturated heterocycles. The predicted octanol–water partition coefficient (Wildman–Crippen LogP) is 4.67. The first-order valence-electron chi connectivity index (χ1n) is 8.31. The molecule has 6 nitrogen and oxygen atoms in total. The van der Waals surface area contributed by atoms with Gasteiger partial charge >= 0.3 is 0 Å². The fourth-order valence-corrected chi connectivity index (χ4v) is 3.96. The summed E-state index contributed by atoms with van der Waals surface area (Å²) in [5, 5.41) is 3.28. The molecule has 0 radical (unpaired) electrons. The normalized spacial score (nSPS) is 16.4. The number of amidine groups is 1. The lowest BCUT2D eigenvalue weighted by Crippen LogP contribution is -2.19. The molecule has 0 atom stereocenters. The minimum absolute atomic E-state index is 0.218. The molecule has 0 spiro atoms. The molecular weight excluding hydrogens is 444 g/mol. The number of thioether (sulfide) groups is 1. The average molecular weight is 463 g/mol. The van der Waals surface area contributed by atoms with Gasteiger partial charge in [0.25, 0.3) is 5.91 Å². The lowest BCUT2D eigenvalue weighted by molar-refractivity contribution is -0.115. The van der Waals surface area contributed by atoms with Gasteiger partial charge in [-0.15, -0.1) is 0 Å². The van der Waals surface area contributed by atoms with Crippen LogP contribution in [0.15, 0.2) is 44.7 Å². The number of hydrogen-bond donors (Lipinski definition) is 1. The Morgan fingerprint density at radius 3 is 2.43 bits per heavy atom. The highest BCUT2D eigenvalue weighted by Gasteiger charge is 2.25. The Hall–Kier alpha value is -2.45. The zero-order valence-electron chi connectivity index (χ0n) is 15.8. The average Bonchev–Trinajstić information content (AvgIpc) is 3.01. The summed E-state index contributed by atoms with van der Waals surface area (Å²) in [6.07, 6.45) is 1.76. The highest BCUT2D eigenvalue weighted by atomic mass is 79.9. The maximum atomic E-state index is 12.4. The minimum atomic E-state index is -0.218. The molecule has 0 unspecified atom stereocenters. The van der Waals surface area contributed by atoms with E-state index >= 15 is 0 Å². The van der Waals surface area contributed by atoms with Crippen LogP contribution in [0.1, 0.15) is 11.1 Å². The monoisotopic (exact) mass is 462 g/mol. The van der Waals surface area contributed by atoms with Crippen LogP contribution in [0.4, 0.5) is 5.69 Å². The Morgan fingerprint density at radius 2 is 1.75 bits per heavy atom. The number of methoxy groups -OCH3 is 3. The van der Waals surface area contributed by atoms with Crippen molar-refractivity contribution in [3.05, 3.63) is 50.8 Å². The molecule has 0 bridgehead atoms. The number of benzene rings is 2. The minimum Gasteiger partial charge on any atom is -0.496 e. The fraction of sp³-hybridized carbons (Fsp3) is 0.200. The maximum absolute atomic E-state index is 12.4. The van der Waals surface area contributed by atoms with Crippen LogP contribution < -0.4 is 19.5 Å². The zero-order chi connectivity index (χ0) is 20.3. The molecule has 8 heteroatoms. The summed E-state index contributed by atoms with van der Waals surface area (Å²) in [6.45, 7) is 1.97. The molecule has 0 aliphatic carbocycles. The van der Waals surface area contributed by atoms with Gasteiger partial charge in [0.15, 0.2) is 5.17 Å². The Bertz CT molecular complexity index is 988. The molecule has 146 valence electrons. The second-order valence-corrected chi connectivity index (χ2v) is 7.77. The van der Waals surface area contributed by atoms with Gasteiger partial charge in [-0.1, -0.05) is 6.07 Å². The molecule has 2 aromatic carbocycles. The van der Waals surface area contributed by atoms with Crippen molar-refractivity contribution in [2.45, 2.75) is 6.92 Å². The van der Waals surface area contributed by atoms with Crippen molar-refractivity contribution in [1.29, 1.82) is 0 Å². The zero-order valence-corrected chi connectivity index (χ0v) is 18.2. The third-order valence-electron chi connectivity index (χ3n) is 4.00. The van der Waals surface area contributed by atoms with Crippen LogP contribution in [0.25, 0.3) is 6.08 Å². The van der Waals surface area contributed by atoms with Gasteiger partial charge < -0.3 is 19.5 Å². The van der Waals surface area contributed by atoms with Gasteiger partial charge in [0.2, 0.25) is 0 Å². The number of rotatable bonds is 5. The third-order valence-corrected chi connectivity index (χ3v) is 5.53. The highest BCUT2D eigenvalue weighted by molar-refractivity contribution is 9.10. The molecule has 0 aromatic heterocycles. The van der Waals surface area contributed by atoms with Crippen molar-refractivity contribution >= 4 is 50.5 Å². The van der Waals surface area contributed by atoms with Crippen LogP contribution >= 0.6 is 27.7 Å². The van der Waals surface area contributed by atoms with Crippen molar-refractivity contribution in [2.24, 2.45) is 4.99 Å². The number of aryl methyl sites for hydroxylation is 1. The molecule has 2 aromatic rings. The number of halogens is 1. The molecule has 3 rings (SSSR count). The Labute approximate surface area is 176 Å². The second kappa shape index (κ2) is 8.70. The van der Waals surface area contributed by atoms with E-state index in [4.69, 9.17) is 14.2 Å². The first-order chi connectivity index (χ1) is 13.4. The van der Waals surface area contributed by atoms with E-state index in [9.17, 15) is 4.79 Å². The van der Waals surface area contributed by atoms with E-state index in [-0.39, 0.29) is 5.91 Å². The Kier molecular flexibility index (Phi) is 6.31. The largest absolute Gasteiger partial charge is 0.496 e. The lowest BCUT2D eigenvalue weighted by Gasteiger charge is -2.10. The van der Waals surface area contributed by atoms with E-state index in [1.54, 1.807) is 33.5 Å². The molecular formula is C20H19BrN2O4S. The maximum Gasteiger partial charge on any atom is 0.264 e. The van der Waals surface area contributed by atoms with Crippen molar-refractivity contribution < 1.29 is 19.0 Å². The van der Waals surface area contributed by atoms with E-state index in [0.29, 0.717) is 33.0 Å². The predicted molar refractivity (Wildman–Crippen MR) is 116 cm³/mol. The first kappa shape index (κ1) is 20.3. The van der Waals surface area contributed by atoms with Crippen molar-refractivity contribution in [3.63, 3.8) is 0 Å². The number of hydrogen-bond acceptors (Lipinski definition) is 6. The fourth-order valence-electron chi connectivity index (χ4n) is 2.61. The standard InChI is InChI=1S/C20H19BrN2O4S/c1-11-5-6-15(25-2)14(7-11)22-20-23-19(24)18(28-20)9-12-8-13(21)17(27-4)10-16(12)26-3/h5-10H,1-4H3,(H,22,23,24)/b18-9-. The molecule has 1 fully saturated rings. The summed E-state index contributed by atoms with van der Waals surface area (Å²) in [6, 6.07) is 9.32. The van der Waals surface area contributed by atoms with Crippen LogP contribution in [-0.2, 0) is 4.79 Å². The molecule has 1 aliphatic heterocycles. The number of nitrogens with one attached hydrogen (secondary N) is 1. The lowest BCUT2D eigenvalue weighted by atomic mass is 10.1. The summed E-state index contributed by atoms with van der Waals surface area (Å²) < 4.78 is 16.8. The third kappa shape index (κ3) is 4.34. The van der Waals surface area contributed by atoms with Gasteiger partial charge in [-0.3, -0.25) is 4.79 Å². The van der Waals surface area contributed by atoms with Crippen molar-refractivity contribution in [3.8, 4) is 17.2 Å². The van der Waals surface area contributed by atoms with Gasteiger partial charge in [-0.2, -0.15) is 0 Å². The summed E-state index contributed by atoms with van der Waals surface area (Å²) in [7, 11) is 4.75. The summed E-state index contributed by atoms with van der Waals surface area (Å²) in [4.78, 5) is 17.5. The number of carbonyl (C=O) groups excluding carboxylic acids is 1. The van der Waals surface area contributed by atoms with Crippen LogP contribution in [0, 0.1) is 6.92 Å². The van der Waals surface area contributed by atoms with E-state index in [1.807, 2.05) is 31.2 Å². The first-order valence-corrected chi connectivity index (χ1v) is 9.92. The van der Waals surface area contributed by atoms with E-state index in [0.717, 1.165) is 15.6 Å². The highest BCUT2D eigenvalue weighted by Crippen LogP contribution is 2.37. The quantitative estimate of drug-likeness (QED) is 0.653. The number of amides is 1. The number of nitrogens with zero attached hydrogens (tertiary/aromatic N) is 1. The molecule has 28 heavy (non-hydrogen) atoms. The van der Waals surface area contributed by atoms with Gasteiger partial charge in [-0.25, -0.2) is 4.99 Å². The molecule has 1 aliphatic rings. The molecule has 1 amide bonds. The van der Waals surface area contributed by atoms with E-state index in [2.05, 4.69) is 26.2 Å². The topological polar surface area (TPSA) is 69.2 Å². The Morgan fingerprint density at radius 1 is 1.04 bits per heavy atom. The van der Waals surface area contributed by atoms with Crippen LogP contribution in [0.2, 0.25) is 0 Å². The van der Waals surface area contributed by atoms with Crippen LogP contribution in [0.3, 0.4) is 0 Å². The van der Waals surface area contributed by atoms with Gasteiger partial charge in [0, 0.05) is 11.6 Å². The van der Waals surface area contributed by atoms with Crippen LogP contribution in [0.5, 0.6) is 17.2 Å². The van der Waals surface area contributed by atoms with Crippen molar-refractivity contribution in [2.75, 3.05) is 21.3 Å². The van der Waals surface area contributed by atoms with E-state index < -0.39 is 0 Å². The van der Waals surface area contributed by atoms with Gasteiger partial charge in [0.1, 0.15) is 22.9 Å². The van der Waals surface area contributed by atoms with E-state index in [1.165, 1.54) is 11.8 Å². The van der Waals surface area contributed by atoms with Gasteiger partial charge in [-0.05, 0) is 64.5 Å². The molecule has 1 heterocycles. The van der Waals surface area contributed by atoms with Crippen LogP contribution in [-0.4, -0.2) is 32.4 Å². The number of aliphatic imine (C=N–C) groups is 1. The SMILES string of the molecule is COc1cc(OC)c(/C=C2\SC(=Nc3cc(C)ccc3OC)NC2=O)cc1Br. The molecule has 0 saturated carbocycles. The summed E-state index contributed by atoms with van der Waals surface area (Å²) in [5.74, 6) is 1.68. The van der Waals surface area contributed by atoms with Crippen molar-refractivity contribution in [1.82, 2.24) is 5.32 Å².